The van der Waals surface area contributed by atoms with Gasteiger partial charge in [-0.15, -0.1) is 0 Å². The number of nitrogens with one attached hydrogen (secondary N) is 1. The molecule has 1 amide bonds. The van der Waals surface area contributed by atoms with Crippen LogP contribution in [0.5, 0.6) is 0 Å². The van der Waals surface area contributed by atoms with E-state index in [4.69, 9.17) is 0 Å². The molecule has 0 bridgehead atoms. The fourth-order valence-electron chi connectivity index (χ4n) is 2.10. The van der Waals surface area contributed by atoms with Crippen molar-refractivity contribution in [3.05, 3.63) is 0 Å². The van der Waals surface area contributed by atoms with E-state index in [1.165, 1.54) is 6.92 Å². The molecule has 0 radical (unpaired) electrons. The van der Waals surface area contributed by atoms with Crippen molar-refractivity contribution in [1.82, 2.24) is 5.32 Å². The van der Waals surface area contributed by atoms with Gasteiger partial charge in [-0.3, -0.25) is 4.79 Å². The minimum absolute atomic E-state index is 0. The molecule has 0 aromatic heterocycles. The van der Waals surface area contributed by atoms with Crippen molar-refractivity contribution in [2.75, 3.05) is 0 Å². The van der Waals surface area contributed by atoms with Crippen LogP contribution in [0.4, 0.5) is 12.9 Å². The van der Waals surface area contributed by atoms with Crippen molar-refractivity contribution in [2.45, 2.75) is 51.4 Å². The first-order valence-electron chi connectivity index (χ1n) is 5.90. The van der Waals surface area contributed by atoms with Gasteiger partial charge >= 0.3 is 58.4 Å². The monoisotopic (exact) mass is 275 g/mol. The molecule has 17 heavy (non-hydrogen) atoms. The van der Waals surface area contributed by atoms with Crippen LogP contribution in [0, 0.1) is 5.92 Å². The van der Waals surface area contributed by atoms with E-state index >= 15 is 0 Å². The summed E-state index contributed by atoms with van der Waals surface area (Å²) >= 11 is 0. The Labute approximate surface area is 143 Å². The molecule has 1 N–H and O–H groups in total. The van der Waals surface area contributed by atoms with Gasteiger partial charge in [-0.25, -0.2) is 0 Å². The fourth-order valence-corrected chi connectivity index (χ4v) is 2.10. The van der Waals surface area contributed by atoms with Crippen molar-refractivity contribution in [1.29, 1.82) is 0 Å². The van der Waals surface area contributed by atoms with Crippen molar-refractivity contribution in [2.24, 2.45) is 5.92 Å². The predicted octanol–water partition coefficient (Wildman–Crippen LogP) is -0.0772. The largest absolute Gasteiger partial charge is 1.00 e. The minimum atomic E-state index is -4.87. The zero-order valence-electron chi connectivity index (χ0n) is 10.5. The molecule has 1 atom stereocenters. The summed E-state index contributed by atoms with van der Waals surface area (Å²) in [6.45, 7) is -3.53. The van der Waals surface area contributed by atoms with Gasteiger partial charge < -0.3 is 18.3 Å². The molecule has 2 nitrogen and oxygen atoms in total. The van der Waals surface area contributed by atoms with Crippen molar-refractivity contribution in [3.8, 4) is 0 Å². The fraction of sp³-hybridized carbons (Fsp3) is 0.900. The average Bonchev–Trinajstić information content (AvgIpc) is 2.16. The van der Waals surface area contributed by atoms with Gasteiger partial charge in [-0.1, -0.05) is 32.5 Å². The predicted molar refractivity (Wildman–Crippen MR) is 58.1 cm³/mol. The summed E-state index contributed by atoms with van der Waals surface area (Å²) in [6.07, 6.45) is 4.10. The first-order valence-corrected chi connectivity index (χ1v) is 5.90. The van der Waals surface area contributed by atoms with E-state index < -0.39 is 25.1 Å². The van der Waals surface area contributed by atoms with Gasteiger partial charge in [-0.05, 0) is 12.8 Å². The molecule has 1 fully saturated rings. The molecule has 1 unspecified atom stereocenters. The quantitative estimate of drug-likeness (QED) is 0.715. The number of amides is 1. The Morgan fingerprint density at radius 1 is 1.29 bits per heavy atom. The molecular weight excluding hydrogens is 257 g/mol. The van der Waals surface area contributed by atoms with Crippen molar-refractivity contribution < 1.29 is 69.1 Å². The van der Waals surface area contributed by atoms with Crippen LogP contribution in [0.25, 0.3) is 0 Å². The standard InChI is InChI=1S/C10H18BF3NO.K/c1-8(7-11(12,13)14)10(16)15-9-5-3-2-4-6-9;/h8-9H,2-7H2,1H3,(H,15,16);/q-1;+1. The number of hydrogen-bond acceptors (Lipinski definition) is 1. The van der Waals surface area contributed by atoms with Crippen LogP contribution in [0.3, 0.4) is 0 Å². The maximum Gasteiger partial charge on any atom is 1.00 e. The summed E-state index contributed by atoms with van der Waals surface area (Å²) in [7, 11) is 0. The number of carbonyl (C=O) groups is 1. The summed E-state index contributed by atoms with van der Waals surface area (Å²) in [5.41, 5.74) is 0. The van der Waals surface area contributed by atoms with Gasteiger partial charge in [0.1, 0.15) is 0 Å². The summed E-state index contributed by atoms with van der Waals surface area (Å²) < 4.78 is 36.4. The third kappa shape index (κ3) is 7.87. The normalized spacial score (nSPS) is 19.3. The number of halogens is 3. The van der Waals surface area contributed by atoms with Gasteiger partial charge in [0, 0.05) is 12.0 Å². The first kappa shape index (κ1) is 18.0. The van der Waals surface area contributed by atoms with Crippen LogP contribution in [0.15, 0.2) is 0 Å². The summed E-state index contributed by atoms with van der Waals surface area (Å²) in [6, 6.07) is 0.0874. The van der Waals surface area contributed by atoms with Crippen molar-refractivity contribution >= 4 is 12.9 Å². The van der Waals surface area contributed by atoms with Crippen LogP contribution >= 0.6 is 0 Å². The molecule has 0 aromatic carbocycles. The third-order valence-corrected chi connectivity index (χ3v) is 3.02. The summed E-state index contributed by atoms with van der Waals surface area (Å²) in [4.78, 5) is 11.5. The van der Waals surface area contributed by atoms with Gasteiger partial charge in [0.25, 0.3) is 0 Å². The molecule has 7 heteroatoms. The molecule has 0 saturated heterocycles. The number of rotatable bonds is 4. The molecule has 1 saturated carbocycles. The maximum absolute atomic E-state index is 12.1. The van der Waals surface area contributed by atoms with Gasteiger partial charge in [-0.2, -0.15) is 0 Å². The minimum Gasteiger partial charge on any atom is -0.449 e. The number of carbonyl (C=O) groups excluding carboxylic acids is 1. The van der Waals surface area contributed by atoms with Gasteiger partial charge in [0.2, 0.25) is 5.91 Å². The molecule has 94 valence electrons. The summed E-state index contributed by atoms with van der Waals surface area (Å²) in [5, 5.41) is 2.71. The van der Waals surface area contributed by atoms with Crippen LogP contribution in [-0.2, 0) is 4.79 Å². The molecule has 0 aliphatic heterocycles. The van der Waals surface area contributed by atoms with Crippen LogP contribution in [-0.4, -0.2) is 18.9 Å². The van der Waals surface area contributed by atoms with E-state index in [0.29, 0.717) is 0 Å². The Bertz CT molecular complexity index is 244. The maximum atomic E-state index is 12.1. The second-order valence-electron chi connectivity index (χ2n) is 4.69. The van der Waals surface area contributed by atoms with E-state index in [1.807, 2.05) is 0 Å². The molecule has 0 spiro atoms. The Balaban J connectivity index is 0.00000256. The van der Waals surface area contributed by atoms with E-state index in [-0.39, 0.29) is 57.4 Å². The zero-order chi connectivity index (χ0) is 12.2. The SMILES string of the molecule is CC(C[B-](F)(F)F)C(=O)NC1CCCCC1.[K+]. The van der Waals surface area contributed by atoms with Gasteiger partial charge in [0.15, 0.2) is 0 Å². The van der Waals surface area contributed by atoms with Crippen LogP contribution in [0.1, 0.15) is 39.0 Å². The van der Waals surface area contributed by atoms with E-state index in [2.05, 4.69) is 5.32 Å². The van der Waals surface area contributed by atoms with Crippen molar-refractivity contribution in [3.63, 3.8) is 0 Å². The summed E-state index contributed by atoms with van der Waals surface area (Å²) in [5.74, 6) is -1.41. The Hall–Kier alpha value is 0.961. The van der Waals surface area contributed by atoms with E-state index in [0.717, 1.165) is 32.1 Å². The molecule has 1 aliphatic rings. The number of hydrogen-bond donors (Lipinski definition) is 1. The second-order valence-corrected chi connectivity index (χ2v) is 4.69. The molecule has 0 heterocycles. The zero-order valence-corrected chi connectivity index (χ0v) is 13.6. The molecule has 0 aromatic rings. The Morgan fingerprint density at radius 3 is 2.29 bits per heavy atom. The smallest absolute Gasteiger partial charge is 0.449 e. The molecule has 1 aliphatic carbocycles. The van der Waals surface area contributed by atoms with Crippen LogP contribution in [0.2, 0.25) is 6.32 Å². The molecule has 1 rings (SSSR count). The molecular formula is C10H18BF3KNO. The van der Waals surface area contributed by atoms with E-state index in [1.54, 1.807) is 0 Å². The average molecular weight is 275 g/mol. The van der Waals surface area contributed by atoms with Crippen LogP contribution < -0.4 is 56.7 Å². The first-order chi connectivity index (χ1) is 7.38. The third-order valence-electron chi connectivity index (χ3n) is 3.02. The Morgan fingerprint density at radius 2 is 1.82 bits per heavy atom. The Kier molecular flexibility index (Phi) is 8.66. The van der Waals surface area contributed by atoms with E-state index in [9.17, 15) is 17.7 Å². The topological polar surface area (TPSA) is 29.1 Å². The van der Waals surface area contributed by atoms with Gasteiger partial charge in [0.05, 0.1) is 0 Å². The second kappa shape index (κ2) is 8.20.